The summed E-state index contributed by atoms with van der Waals surface area (Å²) in [5, 5.41) is 14.1. The molecule has 1 atom stereocenters. The lowest BCUT2D eigenvalue weighted by Crippen LogP contribution is -2.50. The van der Waals surface area contributed by atoms with Gasteiger partial charge in [0.15, 0.2) is 11.3 Å². The van der Waals surface area contributed by atoms with Crippen molar-refractivity contribution in [3.8, 4) is 0 Å². The van der Waals surface area contributed by atoms with E-state index in [0.717, 1.165) is 33.7 Å². The molecule has 0 radical (unpaired) electrons. The van der Waals surface area contributed by atoms with Crippen LogP contribution >= 0.6 is 11.8 Å². The van der Waals surface area contributed by atoms with Gasteiger partial charge in [0.1, 0.15) is 5.70 Å². The number of hydrogen-bond acceptors (Lipinski definition) is 5. The molecule has 1 unspecified atom stereocenters. The molecule has 0 bridgehead atoms. The van der Waals surface area contributed by atoms with E-state index in [9.17, 15) is 4.79 Å². The molecule has 0 aliphatic carbocycles. The highest BCUT2D eigenvalue weighted by Crippen LogP contribution is 2.32. The number of carbonyl (C=O) groups is 1. The second-order valence-corrected chi connectivity index (χ2v) is 8.11. The van der Waals surface area contributed by atoms with Gasteiger partial charge in [0.25, 0.3) is 5.91 Å². The van der Waals surface area contributed by atoms with Crippen molar-refractivity contribution < 1.29 is 4.79 Å². The Bertz CT molecular complexity index is 1270. The molecule has 0 fully saturated rings. The van der Waals surface area contributed by atoms with Gasteiger partial charge < -0.3 is 0 Å². The van der Waals surface area contributed by atoms with Crippen LogP contribution < -0.4 is 15.9 Å². The third-order valence-corrected chi connectivity index (χ3v) is 6.10. The minimum Gasteiger partial charge on any atom is -0.298 e. The quantitative estimate of drug-likeness (QED) is 0.735. The van der Waals surface area contributed by atoms with E-state index in [1.165, 1.54) is 5.39 Å². The average Bonchev–Trinajstić information content (AvgIpc) is 2.76. The minimum absolute atomic E-state index is 0.133. The zero-order chi connectivity index (χ0) is 19.8. The summed E-state index contributed by atoms with van der Waals surface area (Å²) >= 11 is 1.56. The molecule has 2 aliphatic rings. The molecule has 1 amide bonds. The SMILES string of the molecule is CCCSC1=NN2C(=c3ccccc3=NC2c2ccc3ccccc3c2)C(=O)N1. The van der Waals surface area contributed by atoms with Crippen LogP contribution in [-0.4, -0.2) is 21.8 Å². The molecule has 5 nitrogen and oxygen atoms in total. The van der Waals surface area contributed by atoms with Crippen molar-refractivity contribution in [3.05, 3.63) is 82.9 Å². The number of nitrogens with zero attached hydrogens (tertiary/aromatic N) is 3. The molecule has 0 saturated heterocycles. The largest absolute Gasteiger partial charge is 0.298 e. The number of hydrazone groups is 1. The van der Waals surface area contributed by atoms with Crippen LogP contribution in [0.5, 0.6) is 0 Å². The summed E-state index contributed by atoms with van der Waals surface area (Å²) in [6.07, 6.45) is 0.630. The highest BCUT2D eigenvalue weighted by atomic mass is 32.2. The summed E-state index contributed by atoms with van der Waals surface area (Å²) in [4.78, 5) is 18.0. The van der Waals surface area contributed by atoms with Crippen molar-refractivity contribution in [3.63, 3.8) is 0 Å². The predicted octanol–water partition coefficient (Wildman–Crippen LogP) is 3.13. The predicted molar refractivity (Wildman–Crippen MR) is 117 cm³/mol. The lowest BCUT2D eigenvalue weighted by atomic mass is 10.0. The van der Waals surface area contributed by atoms with Crippen LogP contribution in [0.25, 0.3) is 16.5 Å². The van der Waals surface area contributed by atoms with Crippen LogP contribution in [-0.2, 0) is 4.79 Å². The van der Waals surface area contributed by atoms with Crippen LogP contribution in [0.2, 0.25) is 0 Å². The van der Waals surface area contributed by atoms with Gasteiger partial charge >= 0.3 is 0 Å². The highest BCUT2D eigenvalue weighted by Gasteiger charge is 2.34. The first kappa shape index (κ1) is 17.9. The molecule has 0 spiro atoms. The fourth-order valence-electron chi connectivity index (χ4n) is 3.68. The number of rotatable bonds is 3. The Morgan fingerprint density at radius 2 is 1.83 bits per heavy atom. The fraction of sp³-hybridized carbons (Fsp3) is 0.174. The first-order chi connectivity index (χ1) is 14.2. The van der Waals surface area contributed by atoms with E-state index in [0.29, 0.717) is 10.9 Å². The Morgan fingerprint density at radius 3 is 2.69 bits per heavy atom. The molecule has 6 heteroatoms. The van der Waals surface area contributed by atoms with Gasteiger partial charge in [0.05, 0.1) is 5.36 Å². The number of thioether (sulfide) groups is 1. The fourth-order valence-corrected chi connectivity index (χ4v) is 4.38. The molecule has 144 valence electrons. The second kappa shape index (κ2) is 7.37. The van der Waals surface area contributed by atoms with E-state index in [4.69, 9.17) is 10.1 Å². The van der Waals surface area contributed by atoms with Gasteiger partial charge in [-0.2, -0.15) is 0 Å². The summed E-state index contributed by atoms with van der Waals surface area (Å²) in [7, 11) is 0. The monoisotopic (exact) mass is 400 g/mol. The maximum absolute atomic E-state index is 13.0. The number of hydrogen-bond donors (Lipinski definition) is 1. The van der Waals surface area contributed by atoms with E-state index >= 15 is 0 Å². The summed E-state index contributed by atoms with van der Waals surface area (Å²) in [6, 6.07) is 22.3. The van der Waals surface area contributed by atoms with Gasteiger partial charge in [-0.25, -0.2) is 5.01 Å². The zero-order valence-corrected chi connectivity index (χ0v) is 16.8. The smallest absolute Gasteiger partial charge is 0.276 e. The molecular formula is C23H20N4OS. The van der Waals surface area contributed by atoms with Crippen molar-refractivity contribution in [2.75, 3.05) is 5.75 Å². The van der Waals surface area contributed by atoms with E-state index in [-0.39, 0.29) is 12.1 Å². The topological polar surface area (TPSA) is 57.1 Å². The first-order valence-corrected chi connectivity index (χ1v) is 10.7. The zero-order valence-electron chi connectivity index (χ0n) is 16.0. The van der Waals surface area contributed by atoms with Crippen molar-refractivity contribution >= 4 is 39.3 Å². The number of fused-ring (bicyclic) bond motifs is 3. The standard InChI is InChI=1S/C23H20N4OS/c1-2-13-29-23-25-22(28)20-18-9-5-6-10-19(18)24-21(27(20)26-23)17-12-11-15-7-3-4-8-16(15)14-17/h3-12,14,21H,2,13H2,1H3,(H,25,26,28). The molecule has 2 aliphatic heterocycles. The second-order valence-electron chi connectivity index (χ2n) is 7.03. The minimum atomic E-state index is -0.382. The lowest BCUT2D eigenvalue weighted by Gasteiger charge is -2.34. The van der Waals surface area contributed by atoms with Gasteiger partial charge in [-0.05, 0) is 34.9 Å². The van der Waals surface area contributed by atoms with Crippen LogP contribution in [0, 0.1) is 0 Å². The Morgan fingerprint density at radius 1 is 1.03 bits per heavy atom. The molecule has 5 rings (SSSR count). The summed E-state index contributed by atoms with van der Waals surface area (Å²) in [5.74, 6) is 0.767. The Kier molecular flexibility index (Phi) is 4.56. The van der Waals surface area contributed by atoms with Crippen molar-refractivity contribution in [2.45, 2.75) is 19.5 Å². The molecule has 0 aromatic heterocycles. The normalized spacial score (nSPS) is 17.9. The lowest BCUT2D eigenvalue weighted by molar-refractivity contribution is -0.116. The number of amidine groups is 1. The molecule has 1 N–H and O–H groups in total. The maximum Gasteiger partial charge on any atom is 0.276 e. The van der Waals surface area contributed by atoms with Gasteiger partial charge in [0, 0.05) is 11.0 Å². The van der Waals surface area contributed by atoms with E-state index in [1.807, 2.05) is 36.4 Å². The van der Waals surface area contributed by atoms with Crippen molar-refractivity contribution in [1.29, 1.82) is 0 Å². The summed E-state index contributed by atoms with van der Waals surface area (Å²) < 4.78 is 0. The molecule has 29 heavy (non-hydrogen) atoms. The number of para-hydroxylation sites is 1. The van der Waals surface area contributed by atoms with Crippen LogP contribution in [0.3, 0.4) is 0 Å². The molecule has 3 aromatic carbocycles. The summed E-state index contributed by atoms with van der Waals surface area (Å²) in [6.45, 7) is 2.11. The van der Waals surface area contributed by atoms with E-state index in [1.54, 1.807) is 16.8 Å². The Labute approximate surface area is 172 Å². The van der Waals surface area contributed by atoms with E-state index < -0.39 is 0 Å². The number of carbonyl (C=O) groups excluding carboxylic acids is 1. The van der Waals surface area contributed by atoms with Gasteiger partial charge in [-0.3, -0.25) is 15.1 Å². The molecule has 3 aromatic rings. The molecular weight excluding hydrogens is 380 g/mol. The number of benzene rings is 3. The third-order valence-electron chi connectivity index (χ3n) is 5.03. The number of amides is 1. The average molecular weight is 401 g/mol. The van der Waals surface area contributed by atoms with Crippen molar-refractivity contribution in [2.24, 2.45) is 10.1 Å². The Balaban J connectivity index is 1.70. The molecule has 2 heterocycles. The highest BCUT2D eigenvalue weighted by molar-refractivity contribution is 8.13. The third kappa shape index (κ3) is 3.19. The van der Waals surface area contributed by atoms with E-state index in [2.05, 4.69) is 42.6 Å². The van der Waals surface area contributed by atoms with Gasteiger partial charge in [0.2, 0.25) is 0 Å². The van der Waals surface area contributed by atoms with Gasteiger partial charge in [-0.1, -0.05) is 73.3 Å². The van der Waals surface area contributed by atoms with Crippen LogP contribution in [0.4, 0.5) is 0 Å². The first-order valence-electron chi connectivity index (χ1n) is 9.72. The van der Waals surface area contributed by atoms with Crippen molar-refractivity contribution in [1.82, 2.24) is 10.3 Å². The van der Waals surface area contributed by atoms with Crippen LogP contribution in [0.15, 0.2) is 76.8 Å². The number of nitrogens with one attached hydrogen (secondary N) is 1. The Hall–Kier alpha value is -3.12. The summed E-state index contributed by atoms with van der Waals surface area (Å²) in [5.41, 5.74) is 1.56. The molecule has 0 saturated carbocycles. The van der Waals surface area contributed by atoms with Crippen LogP contribution in [0.1, 0.15) is 25.1 Å². The van der Waals surface area contributed by atoms with Gasteiger partial charge in [-0.15, -0.1) is 5.10 Å². The maximum atomic E-state index is 13.0.